The van der Waals surface area contributed by atoms with Gasteiger partial charge in [-0.05, 0) is 78.1 Å². The first-order valence-corrected chi connectivity index (χ1v) is 10.5. The normalized spacial score (nSPS) is 19.5. The molecule has 0 saturated carbocycles. The van der Waals surface area contributed by atoms with Crippen molar-refractivity contribution < 1.29 is 4.39 Å². The third kappa shape index (κ3) is 4.86. The lowest BCUT2D eigenvalue weighted by atomic mass is 9.80. The molecule has 0 spiro atoms. The summed E-state index contributed by atoms with van der Waals surface area (Å²) in [5.41, 5.74) is 2.78. The molecule has 2 N–H and O–H groups in total. The fraction of sp³-hybridized carbons (Fsp3) is 0.565. The molecule has 0 radical (unpaired) electrons. The van der Waals surface area contributed by atoms with Crippen LogP contribution in [0.15, 0.2) is 34.1 Å². The third-order valence-electron chi connectivity index (χ3n) is 5.46. The lowest BCUT2D eigenvalue weighted by Crippen LogP contribution is -2.58. The molecule has 1 aromatic heterocycles. The van der Waals surface area contributed by atoms with Crippen molar-refractivity contribution in [3.8, 4) is 5.69 Å². The molecule has 0 atom stereocenters. The van der Waals surface area contributed by atoms with Gasteiger partial charge in [-0.1, -0.05) is 13.3 Å². The summed E-state index contributed by atoms with van der Waals surface area (Å²) in [6.07, 6.45) is 3.52. The molecular weight excluding hydrogens is 367 g/mol. The second-order valence-electron chi connectivity index (χ2n) is 9.50. The first kappa shape index (κ1) is 21.5. The van der Waals surface area contributed by atoms with Crippen LogP contribution >= 0.6 is 0 Å². The number of aromatic nitrogens is 2. The SMILES string of the molecule is CCCc1[nH]n(-c2ccc(F)cc2)c(=O)c1C(C)=NC1CC(C)(C)NC(C)(C)C1. The highest BCUT2D eigenvalue weighted by Crippen LogP contribution is 2.30. The van der Waals surface area contributed by atoms with Gasteiger partial charge in [0.1, 0.15) is 5.82 Å². The van der Waals surface area contributed by atoms with Crippen LogP contribution in [0.2, 0.25) is 0 Å². The highest BCUT2D eigenvalue weighted by atomic mass is 19.1. The molecule has 0 aliphatic carbocycles. The fourth-order valence-electron chi connectivity index (χ4n) is 4.76. The van der Waals surface area contributed by atoms with Crippen molar-refractivity contribution in [2.75, 3.05) is 0 Å². The van der Waals surface area contributed by atoms with Crippen molar-refractivity contribution in [2.45, 2.75) is 84.3 Å². The molecule has 1 saturated heterocycles. The number of aryl methyl sites for hydroxylation is 1. The summed E-state index contributed by atoms with van der Waals surface area (Å²) in [5.74, 6) is -0.323. The number of hydrogen-bond donors (Lipinski definition) is 2. The Bertz CT molecular complexity index is 934. The molecule has 0 amide bonds. The molecular formula is C23H33FN4O. The van der Waals surface area contributed by atoms with E-state index in [1.165, 1.54) is 16.8 Å². The second kappa shape index (κ2) is 7.90. The number of aromatic amines is 1. The van der Waals surface area contributed by atoms with Crippen molar-refractivity contribution in [2.24, 2.45) is 4.99 Å². The number of benzene rings is 1. The summed E-state index contributed by atoms with van der Waals surface area (Å²) < 4.78 is 14.8. The van der Waals surface area contributed by atoms with E-state index in [4.69, 9.17) is 4.99 Å². The Hall–Kier alpha value is -2.21. The van der Waals surface area contributed by atoms with Crippen molar-refractivity contribution in [3.05, 3.63) is 51.7 Å². The summed E-state index contributed by atoms with van der Waals surface area (Å²) in [6.45, 7) is 12.8. The molecule has 1 aliphatic heterocycles. The largest absolute Gasteiger partial charge is 0.307 e. The second-order valence-corrected chi connectivity index (χ2v) is 9.50. The predicted octanol–water partition coefficient (Wildman–Crippen LogP) is 4.38. The van der Waals surface area contributed by atoms with Gasteiger partial charge in [-0.3, -0.25) is 14.9 Å². The number of nitrogens with one attached hydrogen (secondary N) is 2. The number of hydrogen-bond acceptors (Lipinski definition) is 3. The van der Waals surface area contributed by atoms with Crippen LogP contribution in [-0.4, -0.2) is 32.6 Å². The zero-order chi connectivity index (χ0) is 21.4. The van der Waals surface area contributed by atoms with Crippen LogP contribution in [0.1, 0.15) is 72.1 Å². The van der Waals surface area contributed by atoms with Crippen molar-refractivity contribution >= 4 is 5.71 Å². The van der Waals surface area contributed by atoms with Crippen molar-refractivity contribution in [1.29, 1.82) is 0 Å². The number of halogens is 1. The number of piperidine rings is 1. The van der Waals surface area contributed by atoms with Gasteiger partial charge in [0.05, 0.1) is 17.3 Å². The average molecular weight is 401 g/mol. The van der Waals surface area contributed by atoms with Gasteiger partial charge in [-0.25, -0.2) is 9.07 Å². The maximum atomic E-state index is 13.3. The van der Waals surface area contributed by atoms with Crippen molar-refractivity contribution in [1.82, 2.24) is 15.1 Å². The topological polar surface area (TPSA) is 62.2 Å². The summed E-state index contributed by atoms with van der Waals surface area (Å²) >= 11 is 0. The van der Waals surface area contributed by atoms with Crippen LogP contribution < -0.4 is 10.9 Å². The van der Waals surface area contributed by atoms with E-state index in [1.54, 1.807) is 12.1 Å². The molecule has 1 aliphatic rings. The lowest BCUT2D eigenvalue weighted by molar-refractivity contribution is 0.164. The maximum absolute atomic E-state index is 13.3. The minimum Gasteiger partial charge on any atom is -0.307 e. The van der Waals surface area contributed by atoms with Crippen molar-refractivity contribution in [3.63, 3.8) is 0 Å². The van der Waals surface area contributed by atoms with Gasteiger partial charge in [0.2, 0.25) is 0 Å². The first-order valence-electron chi connectivity index (χ1n) is 10.5. The molecule has 3 rings (SSSR count). The smallest absolute Gasteiger partial charge is 0.280 e. The molecule has 1 aromatic carbocycles. The molecule has 5 nitrogen and oxygen atoms in total. The highest BCUT2D eigenvalue weighted by Gasteiger charge is 2.37. The van der Waals surface area contributed by atoms with E-state index < -0.39 is 0 Å². The zero-order valence-electron chi connectivity index (χ0n) is 18.4. The molecule has 29 heavy (non-hydrogen) atoms. The van der Waals surface area contributed by atoms with Gasteiger partial charge in [-0.2, -0.15) is 0 Å². The van der Waals surface area contributed by atoms with Gasteiger partial charge >= 0.3 is 0 Å². The summed E-state index contributed by atoms with van der Waals surface area (Å²) in [6, 6.07) is 6.10. The van der Waals surface area contributed by atoms with Crippen LogP contribution in [0.5, 0.6) is 0 Å². The van der Waals surface area contributed by atoms with Gasteiger partial charge in [0.25, 0.3) is 5.56 Å². The Morgan fingerprint density at radius 1 is 1.17 bits per heavy atom. The molecule has 6 heteroatoms. The summed E-state index contributed by atoms with van der Waals surface area (Å²) in [5, 5.41) is 6.90. The van der Waals surface area contributed by atoms with Gasteiger partial charge < -0.3 is 5.32 Å². The monoisotopic (exact) mass is 400 g/mol. The third-order valence-corrected chi connectivity index (χ3v) is 5.46. The summed E-state index contributed by atoms with van der Waals surface area (Å²) in [4.78, 5) is 18.2. The number of H-pyrrole nitrogens is 1. The van der Waals surface area contributed by atoms with E-state index in [9.17, 15) is 9.18 Å². The average Bonchev–Trinajstić information content (AvgIpc) is 2.89. The van der Waals surface area contributed by atoms with Gasteiger partial charge in [0, 0.05) is 22.5 Å². The van der Waals surface area contributed by atoms with Gasteiger partial charge in [-0.15, -0.1) is 0 Å². The predicted molar refractivity (Wildman–Crippen MR) is 117 cm³/mol. The van der Waals surface area contributed by atoms with E-state index in [0.29, 0.717) is 11.3 Å². The van der Waals surface area contributed by atoms with Crippen LogP contribution in [0.3, 0.4) is 0 Å². The maximum Gasteiger partial charge on any atom is 0.280 e. The summed E-state index contributed by atoms with van der Waals surface area (Å²) in [7, 11) is 0. The van der Waals surface area contributed by atoms with E-state index in [-0.39, 0.29) is 28.5 Å². The van der Waals surface area contributed by atoms with Crippen LogP contribution in [0.4, 0.5) is 4.39 Å². The minimum absolute atomic E-state index is 0.00505. The number of rotatable bonds is 5. The molecule has 1 fully saturated rings. The Kier molecular flexibility index (Phi) is 5.86. The minimum atomic E-state index is -0.323. The van der Waals surface area contributed by atoms with E-state index in [2.05, 4.69) is 45.0 Å². The standard InChI is InChI=1S/C23H33FN4O/c1-7-8-19-20(21(29)28(26-19)18-11-9-16(24)10-12-18)15(2)25-17-13-22(3,4)27-23(5,6)14-17/h9-12,17,26-27H,7-8,13-14H2,1-6H3. The van der Waals surface area contributed by atoms with E-state index in [0.717, 1.165) is 37.1 Å². The Morgan fingerprint density at radius 3 is 2.31 bits per heavy atom. The van der Waals surface area contributed by atoms with Crippen LogP contribution in [0, 0.1) is 5.82 Å². The molecule has 0 bridgehead atoms. The van der Waals surface area contributed by atoms with Crippen LogP contribution in [-0.2, 0) is 6.42 Å². The number of aliphatic imine (C=N–C) groups is 1. The molecule has 2 heterocycles. The Labute approximate surface area is 172 Å². The molecule has 2 aromatic rings. The zero-order valence-corrected chi connectivity index (χ0v) is 18.4. The quantitative estimate of drug-likeness (QED) is 0.732. The van der Waals surface area contributed by atoms with Crippen LogP contribution in [0.25, 0.3) is 5.69 Å². The fourth-order valence-corrected chi connectivity index (χ4v) is 4.76. The number of nitrogens with zero attached hydrogens (tertiary/aromatic N) is 2. The first-order chi connectivity index (χ1) is 13.5. The Morgan fingerprint density at radius 2 is 1.76 bits per heavy atom. The Balaban J connectivity index is 2.01. The molecule has 158 valence electrons. The van der Waals surface area contributed by atoms with Gasteiger partial charge in [0.15, 0.2) is 0 Å². The van der Waals surface area contributed by atoms with E-state index in [1.807, 2.05) is 6.92 Å². The molecule has 0 unspecified atom stereocenters. The highest BCUT2D eigenvalue weighted by molar-refractivity contribution is 5.99. The lowest BCUT2D eigenvalue weighted by Gasteiger charge is -2.45. The van der Waals surface area contributed by atoms with E-state index >= 15 is 0 Å².